The number of thiazole rings is 1. The molecule has 284 valence electrons. The summed E-state index contributed by atoms with van der Waals surface area (Å²) in [6.45, 7) is 0. The maximum Gasteiger partial charge on any atom is 0.135 e. The zero-order valence-electron chi connectivity index (χ0n) is 32.5. The molecule has 0 saturated heterocycles. The number of para-hydroxylation sites is 4. The Morgan fingerprint density at radius 2 is 0.967 bits per heavy atom. The van der Waals surface area contributed by atoms with Gasteiger partial charge >= 0.3 is 0 Å². The second-order valence-electron chi connectivity index (χ2n) is 15.9. The number of hydrogen-bond acceptors (Lipinski definition) is 4. The predicted octanol–water partition coefficient (Wildman–Crippen LogP) is 15.6. The third-order valence-electron chi connectivity index (χ3n) is 12.5. The van der Waals surface area contributed by atoms with Gasteiger partial charge in [-0.25, -0.2) is 4.98 Å². The highest BCUT2D eigenvalue weighted by molar-refractivity contribution is 7.22. The Labute approximate surface area is 351 Å². The van der Waals surface area contributed by atoms with Crippen LogP contribution in [0.5, 0.6) is 0 Å². The Morgan fingerprint density at radius 1 is 0.377 bits per heavy atom. The molecule has 0 atom stereocenters. The van der Waals surface area contributed by atoms with Crippen LogP contribution in [0, 0.1) is 0 Å². The van der Waals surface area contributed by atoms with E-state index in [0.29, 0.717) is 0 Å². The van der Waals surface area contributed by atoms with E-state index in [1.165, 1.54) is 38.1 Å². The van der Waals surface area contributed by atoms with Crippen LogP contribution in [0.25, 0.3) is 131 Å². The van der Waals surface area contributed by atoms with Crippen molar-refractivity contribution >= 4 is 109 Å². The van der Waals surface area contributed by atoms with Gasteiger partial charge in [0.1, 0.15) is 27.3 Å². The van der Waals surface area contributed by atoms with Crippen LogP contribution in [0.3, 0.4) is 0 Å². The van der Waals surface area contributed by atoms with Gasteiger partial charge in [-0.1, -0.05) is 109 Å². The van der Waals surface area contributed by atoms with Crippen molar-refractivity contribution in [3.05, 3.63) is 188 Å². The molecule has 0 radical (unpaired) electrons. The molecular weight excluding hydrogens is 767 g/mol. The zero-order valence-corrected chi connectivity index (χ0v) is 33.3. The normalized spacial score (nSPS) is 12.3. The molecule has 0 fully saturated rings. The van der Waals surface area contributed by atoms with E-state index in [1.807, 2.05) is 24.3 Å². The van der Waals surface area contributed by atoms with Crippen molar-refractivity contribution < 1.29 is 8.83 Å². The molecule has 0 N–H and O–H groups in total. The molecule has 0 saturated carbocycles. The van der Waals surface area contributed by atoms with Crippen LogP contribution in [-0.2, 0) is 0 Å². The standard InChI is InChI=1S/C55H31N3O2S/c1-2-11-32(12-3-1)55-56-45-25-24-41-42-29-33(21-26-47(42)58(53(41)54(45)61-55)35-23-28-51-44(31-35)39-15-6-9-20-49(39)60-51)36-16-10-17-40-37-13-4-7-18-46(37)57(52(36)40)34-22-27-50-43(30-34)38-14-5-8-19-48(38)59-50/h1-31H. The average molecular weight is 798 g/mol. The van der Waals surface area contributed by atoms with Crippen molar-refractivity contribution in [1.82, 2.24) is 14.1 Å². The minimum Gasteiger partial charge on any atom is -0.456 e. The minimum absolute atomic E-state index is 0.880. The van der Waals surface area contributed by atoms with E-state index in [9.17, 15) is 0 Å². The van der Waals surface area contributed by atoms with Gasteiger partial charge < -0.3 is 18.0 Å². The van der Waals surface area contributed by atoms with E-state index in [0.717, 1.165) is 92.6 Å². The molecule has 0 unspecified atom stereocenters. The number of benzene rings is 9. The summed E-state index contributed by atoms with van der Waals surface area (Å²) in [6.07, 6.45) is 0. The molecule has 6 heteroatoms. The van der Waals surface area contributed by atoms with Crippen molar-refractivity contribution in [2.45, 2.75) is 0 Å². The van der Waals surface area contributed by atoms with Gasteiger partial charge in [0.25, 0.3) is 0 Å². The quantitative estimate of drug-likeness (QED) is 0.178. The fourth-order valence-electron chi connectivity index (χ4n) is 9.85. The molecule has 5 nitrogen and oxygen atoms in total. The van der Waals surface area contributed by atoms with Gasteiger partial charge in [0, 0.05) is 65.6 Å². The molecule has 5 aromatic heterocycles. The molecule has 0 aliphatic heterocycles. The lowest BCUT2D eigenvalue weighted by Crippen LogP contribution is -1.96. The first-order valence-electron chi connectivity index (χ1n) is 20.5. The Morgan fingerprint density at radius 3 is 1.70 bits per heavy atom. The molecule has 9 aromatic carbocycles. The Bertz CT molecular complexity index is 4120. The molecule has 0 bridgehead atoms. The summed E-state index contributed by atoms with van der Waals surface area (Å²) in [5.74, 6) is 0. The smallest absolute Gasteiger partial charge is 0.135 e. The summed E-state index contributed by atoms with van der Waals surface area (Å²) >= 11 is 1.76. The van der Waals surface area contributed by atoms with E-state index in [4.69, 9.17) is 13.8 Å². The van der Waals surface area contributed by atoms with Crippen molar-refractivity contribution in [3.63, 3.8) is 0 Å². The van der Waals surface area contributed by atoms with Crippen LogP contribution >= 0.6 is 11.3 Å². The number of nitrogens with zero attached hydrogens (tertiary/aromatic N) is 3. The highest BCUT2D eigenvalue weighted by atomic mass is 32.1. The number of fused-ring (bicyclic) bond motifs is 14. The maximum atomic E-state index is 6.30. The Hall–Kier alpha value is -7.93. The topological polar surface area (TPSA) is 49.0 Å². The fourth-order valence-corrected chi connectivity index (χ4v) is 11.0. The number of furan rings is 2. The van der Waals surface area contributed by atoms with Gasteiger partial charge in [0.15, 0.2) is 0 Å². The van der Waals surface area contributed by atoms with E-state index in [-0.39, 0.29) is 0 Å². The van der Waals surface area contributed by atoms with Gasteiger partial charge in [-0.05, 0) is 84.4 Å². The van der Waals surface area contributed by atoms with Crippen molar-refractivity contribution in [1.29, 1.82) is 0 Å². The molecule has 5 heterocycles. The highest BCUT2D eigenvalue weighted by Crippen LogP contribution is 2.45. The monoisotopic (exact) mass is 797 g/mol. The van der Waals surface area contributed by atoms with Gasteiger partial charge in [0.2, 0.25) is 0 Å². The first-order chi connectivity index (χ1) is 30.2. The first-order valence-corrected chi connectivity index (χ1v) is 21.3. The van der Waals surface area contributed by atoms with Gasteiger partial charge in [-0.3, -0.25) is 0 Å². The number of rotatable bonds is 4. The number of hydrogen-bond donors (Lipinski definition) is 0. The zero-order chi connectivity index (χ0) is 39.8. The molecular formula is C55H31N3O2S. The molecule has 61 heavy (non-hydrogen) atoms. The summed E-state index contributed by atoms with van der Waals surface area (Å²) < 4.78 is 18.6. The second kappa shape index (κ2) is 12.3. The lowest BCUT2D eigenvalue weighted by Gasteiger charge is -2.13. The van der Waals surface area contributed by atoms with Crippen molar-refractivity contribution in [2.24, 2.45) is 0 Å². The van der Waals surface area contributed by atoms with Gasteiger partial charge in [-0.2, -0.15) is 0 Å². The largest absolute Gasteiger partial charge is 0.456 e. The summed E-state index contributed by atoms with van der Waals surface area (Å²) in [5, 5.41) is 10.3. The summed E-state index contributed by atoms with van der Waals surface area (Å²) in [5.41, 5.74) is 14.8. The maximum absolute atomic E-state index is 6.30. The molecule has 0 spiro atoms. The molecule has 0 aliphatic rings. The van der Waals surface area contributed by atoms with Gasteiger partial charge in [0.05, 0.1) is 32.3 Å². The van der Waals surface area contributed by atoms with Crippen molar-refractivity contribution in [2.75, 3.05) is 0 Å². The van der Waals surface area contributed by atoms with E-state index in [1.54, 1.807) is 11.3 Å². The van der Waals surface area contributed by atoms with E-state index < -0.39 is 0 Å². The summed E-state index contributed by atoms with van der Waals surface area (Å²) in [4.78, 5) is 5.19. The van der Waals surface area contributed by atoms with Gasteiger partial charge in [-0.15, -0.1) is 11.3 Å². The van der Waals surface area contributed by atoms with E-state index >= 15 is 0 Å². The first kappa shape index (κ1) is 33.0. The third kappa shape index (κ3) is 4.68. The predicted molar refractivity (Wildman–Crippen MR) is 254 cm³/mol. The lowest BCUT2D eigenvalue weighted by atomic mass is 9.99. The van der Waals surface area contributed by atoms with Crippen LogP contribution in [0.2, 0.25) is 0 Å². The lowest BCUT2D eigenvalue weighted by molar-refractivity contribution is 0.668. The van der Waals surface area contributed by atoms with Crippen LogP contribution in [0.1, 0.15) is 0 Å². The third-order valence-corrected chi connectivity index (χ3v) is 13.7. The van der Waals surface area contributed by atoms with Crippen LogP contribution in [-0.4, -0.2) is 14.1 Å². The fraction of sp³-hybridized carbons (Fsp3) is 0. The molecule has 14 rings (SSSR count). The summed E-state index contributed by atoms with van der Waals surface area (Å²) in [6, 6.07) is 67.2. The summed E-state index contributed by atoms with van der Waals surface area (Å²) in [7, 11) is 0. The number of aromatic nitrogens is 3. The highest BCUT2D eigenvalue weighted by Gasteiger charge is 2.22. The van der Waals surface area contributed by atoms with E-state index in [2.05, 4.69) is 173 Å². The molecule has 0 aliphatic carbocycles. The molecule has 0 amide bonds. The second-order valence-corrected chi connectivity index (χ2v) is 16.9. The minimum atomic E-state index is 0.880. The Kier molecular flexibility index (Phi) is 6.65. The van der Waals surface area contributed by atoms with Crippen LogP contribution in [0.4, 0.5) is 0 Å². The SMILES string of the molecule is c1ccc(-c2nc3ccc4c5cc(-c6cccc7c8ccccc8n(-c8ccc9oc%10ccccc%10c9c8)c67)ccc5n(-c5ccc6oc7ccccc7c6c5)c4c3s2)cc1. The van der Waals surface area contributed by atoms with Crippen LogP contribution in [0.15, 0.2) is 197 Å². The molecule has 14 aromatic rings. The average Bonchev–Trinajstić information content (AvgIpc) is 4.14. The Balaban J connectivity index is 1.05. The van der Waals surface area contributed by atoms with Crippen molar-refractivity contribution in [3.8, 4) is 33.1 Å². The van der Waals surface area contributed by atoms with Crippen LogP contribution < -0.4 is 0 Å².